The van der Waals surface area contributed by atoms with Crippen molar-refractivity contribution >= 4 is 17.4 Å². The van der Waals surface area contributed by atoms with Crippen LogP contribution in [0.2, 0.25) is 0 Å². The van der Waals surface area contributed by atoms with E-state index in [0.29, 0.717) is 24.7 Å². The van der Waals surface area contributed by atoms with E-state index in [1.54, 1.807) is 0 Å². The zero-order chi connectivity index (χ0) is 2.00. The normalized spacial score (nSPS) is 0.273. The summed E-state index contributed by atoms with van der Waals surface area (Å²) in [4.78, 5) is 0. The van der Waals surface area contributed by atoms with Crippen LogP contribution < -0.4 is 0 Å². The van der Waals surface area contributed by atoms with Crippen LogP contribution in [0.5, 0.6) is 0 Å². The molecule has 0 heterocycles. The first-order chi connectivity index (χ1) is 1.00. The van der Waals surface area contributed by atoms with Crippen LogP contribution in [0, 0.1) is 0 Å². The molecule has 0 saturated heterocycles. The quantitative estimate of drug-likeness (QED) is 0.384. The Balaban J connectivity index is -0.000000000139. The molecule has 0 amide bonds. The van der Waals surface area contributed by atoms with Crippen molar-refractivity contribution in [2.75, 3.05) is 0 Å². The Bertz CT molecular complexity index is 9.52. The van der Waals surface area contributed by atoms with Gasteiger partial charge in [-0.25, -0.2) is 0 Å². The predicted octanol–water partition coefficient (Wildman–Crippen LogP) is -7.90. The minimum atomic E-state index is 0. The van der Waals surface area contributed by atoms with Crippen LogP contribution in [0.15, 0.2) is 0 Å². The van der Waals surface area contributed by atoms with Gasteiger partial charge in [-0.2, -0.15) is 0 Å². The van der Waals surface area contributed by atoms with Crippen molar-refractivity contribution in [3.63, 3.8) is 0 Å². The fraction of sp³-hybridized carbons (Fsp3) is 0. The van der Waals surface area contributed by atoms with E-state index in [-0.39, 0.29) is 61.2 Å². The van der Waals surface area contributed by atoms with E-state index < -0.39 is 0 Å². The monoisotopic (exact) mass is 280 g/mol. The first-order valence-electron chi connectivity index (χ1n) is 0.204. The molecule has 80 valence electrons. The van der Waals surface area contributed by atoms with Gasteiger partial charge < -0.3 is 43.8 Å². The van der Waals surface area contributed by atoms with Gasteiger partial charge in [-0.3, -0.25) is 0 Å². The van der Waals surface area contributed by atoms with Gasteiger partial charge in [0.15, 0.2) is 17.4 Å². The zero-order valence-electron chi connectivity index (χ0n) is 4.91. The second-order valence-corrected chi connectivity index (χ2v) is 0. The van der Waals surface area contributed by atoms with E-state index in [4.69, 9.17) is 2.81 Å². The van der Waals surface area contributed by atoms with E-state index in [9.17, 15) is 0 Å². The standard InChI is InChI=1S/Al.8H2O.O.Zr.3H/h;8*1H2;;;;;. The van der Waals surface area contributed by atoms with Gasteiger partial charge in [0.2, 0.25) is 0 Å². The van der Waals surface area contributed by atoms with Gasteiger partial charge >= 0.3 is 27.5 Å². The number of hydrogen-bond donors (Lipinski definition) is 0. The van der Waals surface area contributed by atoms with Gasteiger partial charge in [0.1, 0.15) is 0 Å². The summed E-state index contributed by atoms with van der Waals surface area (Å²) in [5.41, 5.74) is 0. The molecule has 0 saturated carbocycles. The molecule has 11 heteroatoms. The Morgan fingerprint density at radius 2 is 0.455 bits per heavy atom. The maximum absolute atomic E-state index is 8.34. The summed E-state index contributed by atoms with van der Waals surface area (Å²) in [6.45, 7) is 0. The van der Waals surface area contributed by atoms with Crippen molar-refractivity contribution in [2.45, 2.75) is 0 Å². The van der Waals surface area contributed by atoms with Crippen LogP contribution in [0.1, 0.15) is 0 Å². The van der Waals surface area contributed by atoms with Crippen LogP contribution in [-0.4, -0.2) is 61.2 Å². The van der Waals surface area contributed by atoms with Crippen molar-refractivity contribution in [2.24, 2.45) is 0 Å². The molecule has 0 rings (SSSR count). The van der Waals surface area contributed by atoms with Crippen LogP contribution in [0.25, 0.3) is 0 Å². The topological polar surface area (TPSA) is 269 Å². The summed E-state index contributed by atoms with van der Waals surface area (Å²) >= 11 is 0.300. The van der Waals surface area contributed by atoms with E-state index >= 15 is 0 Å². The summed E-state index contributed by atoms with van der Waals surface area (Å²) in [5.74, 6) is 0. The van der Waals surface area contributed by atoms with Gasteiger partial charge in [0.25, 0.3) is 0 Å². The Morgan fingerprint density at radius 3 is 0.455 bits per heavy atom. The molecule has 0 aromatic heterocycles. The van der Waals surface area contributed by atoms with E-state index in [2.05, 4.69) is 0 Å². The second-order valence-electron chi connectivity index (χ2n) is 0. The van der Waals surface area contributed by atoms with Gasteiger partial charge in [0, 0.05) is 0 Å². The molecule has 0 radical (unpaired) electrons. The van der Waals surface area contributed by atoms with Crippen molar-refractivity contribution in [3.8, 4) is 0 Å². The molecule has 0 unspecified atom stereocenters. The van der Waals surface area contributed by atoms with Crippen molar-refractivity contribution in [1.29, 1.82) is 0 Å². The third-order valence-electron chi connectivity index (χ3n) is 0. The van der Waals surface area contributed by atoms with Crippen LogP contribution in [-0.2, 0) is 27.5 Å². The van der Waals surface area contributed by atoms with Crippen LogP contribution in [0.4, 0.5) is 0 Å². The Labute approximate surface area is 88.7 Å². The molecule has 11 heavy (non-hydrogen) atoms. The number of rotatable bonds is 0. The SMILES string of the molecule is O.O.O.O.O.O.O.O.[AlH3].[O]=[Zr]. The van der Waals surface area contributed by atoms with E-state index in [1.165, 1.54) is 0 Å². The fourth-order valence-electron chi connectivity index (χ4n) is 0. The molecule has 9 nitrogen and oxygen atoms in total. The fourth-order valence-corrected chi connectivity index (χ4v) is 0. The summed E-state index contributed by atoms with van der Waals surface area (Å²) in [6.07, 6.45) is 0. The third kappa shape index (κ3) is 1070. The third-order valence-corrected chi connectivity index (χ3v) is 0. The number of hydrogen-bond acceptors (Lipinski definition) is 1. The predicted molar refractivity (Wildman–Crippen MR) is 39.5 cm³/mol. The zero-order valence-corrected chi connectivity index (χ0v) is 7.37. The second kappa shape index (κ2) is 1330. The van der Waals surface area contributed by atoms with Crippen LogP contribution >= 0.6 is 0 Å². The molecule has 0 fully saturated rings. The summed E-state index contributed by atoms with van der Waals surface area (Å²) in [7, 11) is 0. The Hall–Kier alpha value is 0.896. The summed E-state index contributed by atoms with van der Waals surface area (Å²) in [6, 6.07) is 0. The average molecular weight is 281 g/mol. The molecular weight excluding hydrogens is 262 g/mol. The molecule has 0 aromatic carbocycles. The van der Waals surface area contributed by atoms with Crippen LogP contribution in [0.3, 0.4) is 0 Å². The van der Waals surface area contributed by atoms with Gasteiger partial charge in [0.05, 0.1) is 0 Å². The summed E-state index contributed by atoms with van der Waals surface area (Å²) < 4.78 is 8.34. The maximum atomic E-state index is 8.34. The Kier molecular flexibility index (Phi) is 47500. The molecule has 0 bridgehead atoms. The van der Waals surface area contributed by atoms with Crippen molar-refractivity contribution in [1.82, 2.24) is 0 Å². The first kappa shape index (κ1) is 393. The molecule has 0 atom stereocenters. The molecule has 0 aliphatic rings. The van der Waals surface area contributed by atoms with Gasteiger partial charge in [-0.05, 0) is 0 Å². The molecule has 0 aliphatic carbocycles. The minimum absolute atomic E-state index is 0. The molecule has 16 N–H and O–H groups in total. The molecule has 0 aromatic rings. The van der Waals surface area contributed by atoms with Crippen molar-refractivity contribution in [3.05, 3.63) is 0 Å². The molecule has 0 aliphatic heterocycles. The molecular formula is H19AlO9Zr. The first-order valence-corrected chi connectivity index (χ1v) is 1.21. The van der Waals surface area contributed by atoms with Gasteiger partial charge in [-0.1, -0.05) is 0 Å². The Morgan fingerprint density at radius 1 is 0.455 bits per heavy atom. The average Bonchev–Trinajstić information content (AvgIpc) is 1.00. The molecule has 0 spiro atoms. The van der Waals surface area contributed by atoms with Crippen molar-refractivity contribution < 1.29 is 71.3 Å². The summed E-state index contributed by atoms with van der Waals surface area (Å²) in [5, 5.41) is 0. The van der Waals surface area contributed by atoms with E-state index in [0.717, 1.165) is 0 Å². The van der Waals surface area contributed by atoms with E-state index in [1.807, 2.05) is 0 Å². The van der Waals surface area contributed by atoms with Gasteiger partial charge in [-0.15, -0.1) is 0 Å².